The Kier molecular flexibility index (Phi) is 5.19. The van der Waals surface area contributed by atoms with Gasteiger partial charge >= 0.3 is 0 Å². The third-order valence-electron chi connectivity index (χ3n) is 1.44. The molecule has 0 rings (SSSR count). The topological polar surface area (TPSA) is 0 Å². The van der Waals surface area contributed by atoms with Crippen molar-refractivity contribution in [2.24, 2.45) is 5.92 Å². The predicted molar refractivity (Wildman–Crippen MR) is 48.1 cm³/mol. The first-order valence-corrected chi connectivity index (χ1v) is 3.98. The Morgan fingerprint density at radius 3 is 2.00 bits per heavy atom. The SMILES string of the molecule is C\C(F)=C/C(=C\C(F)=C\F)C(C)C. The summed E-state index contributed by atoms with van der Waals surface area (Å²) in [6, 6.07) is 0. The van der Waals surface area contributed by atoms with Crippen LogP contribution in [0.3, 0.4) is 0 Å². The lowest BCUT2D eigenvalue weighted by Crippen LogP contribution is -1.91. The highest BCUT2D eigenvalue weighted by Gasteiger charge is 2.02. The van der Waals surface area contributed by atoms with Crippen molar-refractivity contribution in [1.82, 2.24) is 0 Å². The second-order valence-corrected chi connectivity index (χ2v) is 3.02. The molecule has 0 saturated carbocycles. The van der Waals surface area contributed by atoms with E-state index in [1.165, 1.54) is 13.0 Å². The Morgan fingerprint density at radius 2 is 1.69 bits per heavy atom. The van der Waals surface area contributed by atoms with Crippen molar-refractivity contribution in [1.29, 1.82) is 0 Å². The minimum Gasteiger partial charge on any atom is -0.212 e. The molecule has 0 atom stereocenters. The van der Waals surface area contributed by atoms with Gasteiger partial charge in [-0.3, -0.25) is 0 Å². The summed E-state index contributed by atoms with van der Waals surface area (Å²) < 4.78 is 36.6. The van der Waals surface area contributed by atoms with E-state index in [-0.39, 0.29) is 12.2 Å². The number of hydrogen-bond acceptors (Lipinski definition) is 0. The molecule has 0 aliphatic heterocycles. The second-order valence-electron chi connectivity index (χ2n) is 3.02. The van der Waals surface area contributed by atoms with Crippen LogP contribution < -0.4 is 0 Å². The standard InChI is InChI=1S/C10H13F3/c1-7(2)9(4-8(3)12)5-10(13)6-11/h4-7H,1-3H3/b8-4+,9-5+,10-6-. The molecule has 0 amide bonds. The zero-order valence-electron chi connectivity index (χ0n) is 7.94. The van der Waals surface area contributed by atoms with E-state index in [0.29, 0.717) is 5.57 Å². The second kappa shape index (κ2) is 5.62. The lowest BCUT2D eigenvalue weighted by molar-refractivity contribution is 0.601. The summed E-state index contributed by atoms with van der Waals surface area (Å²) >= 11 is 0. The van der Waals surface area contributed by atoms with Crippen molar-refractivity contribution in [2.45, 2.75) is 20.8 Å². The maximum absolute atomic E-state index is 12.5. The summed E-state index contributed by atoms with van der Waals surface area (Å²) in [6.45, 7) is 4.81. The van der Waals surface area contributed by atoms with Crippen LogP contribution in [0.4, 0.5) is 13.2 Å². The fourth-order valence-corrected chi connectivity index (χ4v) is 0.795. The third-order valence-corrected chi connectivity index (χ3v) is 1.44. The van der Waals surface area contributed by atoms with E-state index >= 15 is 0 Å². The molecule has 0 N–H and O–H groups in total. The molecule has 13 heavy (non-hydrogen) atoms. The maximum Gasteiger partial charge on any atom is 0.151 e. The summed E-state index contributed by atoms with van der Waals surface area (Å²) in [5.41, 5.74) is 0.423. The molecule has 0 saturated heterocycles. The van der Waals surface area contributed by atoms with Gasteiger partial charge in [0.25, 0.3) is 0 Å². The first-order chi connectivity index (χ1) is 5.97. The molecular weight excluding hydrogens is 177 g/mol. The van der Waals surface area contributed by atoms with Gasteiger partial charge in [0.15, 0.2) is 5.83 Å². The predicted octanol–water partition coefficient (Wildman–Crippen LogP) is 4.22. The largest absolute Gasteiger partial charge is 0.212 e. The molecule has 0 aromatic heterocycles. The van der Waals surface area contributed by atoms with Gasteiger partial charge in [-0.05, 0) is 30.6 Å². The first kappa shape index (κ1) is 12.0. The molecule has 0 fully saturated rings. The Labute approximate surface area is 76.5 Å². The number of hydrogen-bond donors (Lipinski definition) is 0. The Hall–Kier alpha value is -0.990. The molecule has 0 heterocycles. The van der Waals surface area contributed by atoms with E-state index in [1.54, 1.807) is 13.8 Å². The zero-order chi connectivity index (χ0) is 10.4. The molecule has 3 heteroatoms. The van der Waals surface area contributed by atoms with Crippen LogP contribution in [0.2, 0.25) is 0 Å². The van der Waals surface area contributed by atoms with Crippen LogP contribution in [0.5, 0.6) is 0 Å². The van der Waals surface area contributed by atoms with Gasteiger partial charge in [-0.1, -0.05) is 13.8 Å². The molecule has 0 aromatic rings. The smallest absolute Gasteiger partial charge is 0.151 e. The lowest BCUT2D eigenvalue weighted by Gasteiger charge is -2.05. The van der Waals surface area contributed by atoms with Gasteiger partial charge in [-0.15, -0.1) is 0 Å². The van der Waals surface area contributed by atoms with Gasteiger partial charge in [0.1, 0.15) is 6.33 Å². The van der Waals surface area contributed by atoms with Crippen molar-refractivity contribution in [3.63, 3.8) is 0 Å². The summed E-state index contributed by atoms with van der Waals surface area (Å²) in [6.07, 6.45) is 2.02. The van der Waals surface area contributed by atoms with Crippen molar-refractivity contribution in [3.05, 3.63) is 35.7 Å². The molecule has 0 aliphatic carbocycles. The number of allylic oxidation sites excluding steroid dienone is 5. The van der Waals surface area contributed by atoms with Crippen LogP contribution in [0.1, 0.15) is 20.8 Å². The number of halogens is 3. The molecule has 0 unspecified atom stereocenters. The Bertz CT molecular complexity index is 243. The van der Waals surface area contributed by atoms with Crippen molar-refractivity contribution >= 4 is 0 Å². The van der Waals surface area contributed by atoms with Gasteiger partial charge in [0, 0.05) is 0 Å². The number of rotatable bonds is 3. The van der Waals surface area contributed by atoms with Crippen molar-refractivity contribution in [2.75, 3.05) is 0 Å². The van der Waals surface area contributed by atoms with Crippen molar-refractivity contribution < 1.29 is 13.2 Å². The Morgan fingerprint density at radius 1 is 1.15 bits per heavy atom. The van der Waals surface area contributed by atoms with Crippen LogP contribution in [-0.4, -0.2) is 0 Å². The van der Waals surface area contributed by atoms with E-state index in [4.69, 9.17) is 0 Å². The van der Waals surface area contributed by atoms with Crippen molar-refractivity contribution in [3.8, 4) is 0 Å². The summed E-state index contributed by atoms with van der Waals surface area (Å²) in [5.74, 6) is -1.47. The summed E-state index contributed by atoms with van der Waals surface area (Å²) in [5, 5.41) is 0. The summed E-state index contributed by atoms with van der Waals surface area (Å²) in [7, 11) is 0. The molecule has 0 aromatic carbocycles. The zero-order valence-corrected chi connectivity index (χ0v) is 7.94. The minimum atomic E-state index is -0.999. The van der Waals surface area contributed by atoms with Crippen LogP contribution >= 0.6 is 0 Å². The van der Waals surface area contributed by atoms with Gasteiger partial charge in [0.05, 0.1) is 5.83 Å². The first-order valence-electron chi connectivity index (χ1n) is 3.98. The van der Waals surface area contributed by atoms with E-state index < -0.39 is 11.7 Å². The van der Waals surface area contributed by atoms with Gasteiger partial charge in [0.2, 0.25) is 0 Å². The Balaban J connectivity index is 4.82. The molecule has 0 radical (unpaired) electrons. The molecule has 0 nitrogen and oxygen atoms in total. The normalized spacial score (nSPS) is 15.5. The third kappa shape index (κ3) is 5.28. The maximum atomic E-state index is 12.5. The van der Waals surface area contributed by atoms with Crippen LogP contribution in [0, 0.1) is 5.92 Å². The highest BCUT2D eigenvalue weighted by atomic mass is 19.2. The lowest BCUT2D eigenvalue weighted by atomic mass is 10.0. The van der Waals surface area contributed by atoms with E-state index in [9.17, 15) is 13.2 Å². The van der Waals surface area contributed by atoms with E-state index in [2.05, 4.69) is 0 Å². The fraction of sp³-hybridized carbons (Fsp3) is 0.400. The molecule has 0 bridgehead atoms. The molecule has 0 aliphatic rings. The fourth-order valence-electron chi connectivity index (χ4n) is 0.795. The van der Waals surface area contributed by atoms with Gasteiger partial charge in [-0.25, -0.2) is 13.2 Å². The van der Waals surface area contributed by atoms with Gasteiger partial charge < -0.3 is 0 Å². The van der Waals surface area contributed by atoms with Crippen LogP contribution in [0.25, 0.3) is 0 Å². The minimum absolute atomic E-state index is 0.0450. The van der Waals surface area contributed by atoms with Crippen LogP contribution in [0.15, 0.2) is 35.7 Å². The van der Waals surface area contributed by atoms with Crippen LogP contribution in [-0.2, 0) is 0 Å². The quantitative estimate of drug-likeness (QED) is 0.584. The molecular formula is C10H13F3. The molecule has 74 valence electrons. The average Bonchev–Trinajstić information content (AvgIpc) is 2.02. The molecule has 0 spiro atoms. The monoisotopic (exact) mass is 190 g/mol. The van der Waals surface area contributed by atoms with Gasteiger partial charge in [-0.2, -0.15) is 0 Å². The van der Waals surface area contributed by atoms with E-state index in [1.807, 2.05) is 0 Å². The summed E-state index contributed by atoms with van der Waals surface area (Å²) in [4.78, 5) is 0. The van der Waals surface area contributed by atoms with E-state index in [0.717, 1.165) is 6.08 Å². The highest BCUT2D eigenvalue weighted by Crippen LogP contribution is 2.17. The highest BCUT2D eigenvalue weighted by molar-refractivity contribution is 5.28. The average molecular weight is 190 g/mol.